The van der Waals surface area contributed by atoms with Gasteiger partial charge < -0.3 is 9.84 Å². The van der Waals surface area contributed by atoms with E-state index in [1.807, 2.05) is 0 Å². The molecule has 4 unspecified atom stereocenters. The molecule has 104 valence electrons. The Labute approximate surface area is 109 Å². The van der Waals surface area contributed by atoms with Gasteiger partial charge in [-0.1, -0.05) is 13.8 Å². The molecule has 3 aliphatic heterocycles. The van der Waals surface area contributed by atoms with E-state index in [9.17, 15) is 9.90 Å². The van der Waals surface area contributed by atoms with Crippen molar-refractivity contribution in [1.82, 2.24) is 4.90 Å². The molecule has 3 heterocycles. The molecule has 4 nitrogen and oxygen atoms in total. The Balaban J connectivity index is 2.25. The maximum Gasteiger partial charge on any atom is 0.161 e. The highest BCUT2D eigenvalue weighted by molar-refractivity contribution is 5.92. The predicted octanol–water partition coefficient (Wildman–Crippen LogP) is 1.07. The quantitative estimate of drug-likeness (QED) is 0.798. The number of fused-ring (bicyclic) bond motifs is 3. The lowest BCUT2D eigenvalue weighted by molar-refractivity contribution is -0.167. The number of ketones is 1. The molecule has 0 radical (unpaired) electrons. The lowest BCUT2D eigenvalue weighted by atomic mass is 9.69. The summed E-state index contributed by atoms with van der Waals surface area (Å²) < 4.78 is 5.23. The van der Waals surface area contributed by atoms with Crippen LogP contribution in [0, 0.1) is 11.8 Å². The summed E-state index contributed by atoms with van der Waals surface area (Å²) in [5.74, 6) is 0.933. The van der Waals surface area contributed by atoms with Crippen LogP contribution in [0.4, 0.5) is 0 Å². The molecule has 1 N–H and O–H groups in total. The minimum atomic E-state index is -0.768. The van der Waals surface area contributed by atoms with Gasteiger partial charge in [-0.05, 0) is 25.2 Å². The van der Waals surface area contributed by atoms with Crippen LogP contribution < -0.4 is 0 Å². The Hall–Kier alpha value is -0.450. The van der Waals surface area contributed by atoms with E-state index >= 15 is 0 Å². The minimum Gasteiger partial charge on any atom is -0.394 e. The Kier molecular flexibility index (Phi) is 4.09. The van der Waals surface area contributed by atoms with Crippen LogP contribution in [-0.2, 0) is 9.53 Å². The summed E-state index contributed by atoms with van der Waals surface area (Å²) in [6.07, 6.45) is 3.00. The molecule has 0 spiro atoms. The van der Waals surface area contributed by atoms with E-state index in [0.29, 0.717) is 18.6 Å². The van der Waals surface area contributed by atoms with E-state index in [-0.39, 0.29) is 18.3 Å². The zero-order chi connectivity index (χ0) is 13.3. The predicted molar refractivity (Wildman–Crippen MR) is 69.4 cm³/mol. The van der Waals surface area contributed by atoms with Gasteiger partial charge in [0.15, 0.2) is 5.78 Å². The first-order chi connectivity index (χ1) is 8.55. The Morgan fingerprint density at radius 2 is 2.28 bits per heavy atom. The van der Waals surface area contributed by atoms with Gasteiger partial charge in [-0.2, -0.15) is 0 Å². The summed E-state index contributed by atoms with van der Waals surface area (Å²) in [4.78, 5) is 14.7. The van der Waals surface area contributed by atoms with Gasteiger partial charge in [0.2, 0.25) is 0 Å². The number of nitrogens with zero attached hydrogens (tertiary/aromatic N) is 1. The number of Topliss-reactive ketones (excluding diaryl/α,β-unsaturated/α-hetero) is 1. The second-order valence-corrected chi connectivity index (χ2v) is 6.19. The van der Waals surface area contributed by atoms with E-state index in [4.69, 9.17) is 4.74 Å². The van der Waals surface area contributed by atoms with Crippen LogP contribution in [-0.4, -0.2) is 54.2 Å². The maximum absolute atomic E-state index is 12.5. The van der Waals surface area contributed by atoms with Crippen LogP contribution in [0.1, 0.15) is 33.1 Å². The molecular formula is C14H25NO3. The second kappa shape index (κ2) is 5.27. The highest BCUT2D eigenvalue weighted by Crippen LogP contribution is 2.41. The van der Waals surface area contributed by atoms with E-state index in [1.165, 1.54) is 0 Å². The highest BCUT2D eigenvalue weighted by atomic mass is 16.5. The van der Waals surface area contributed by atoms with Crippen molar-refractivity contribution < 1.29 is 14.6 Å². The summed E-state index contributed by atoms with van der Waals surface area (Å²) in [6.45, 7) is 5.53. The molecular weight excluding hydrogens is 230 g/mol. The van der Waals surface area contributed by atoms with Crippen LogP contribution in [0.15, 0.2) is 0 Å². The van der Waals surface area contributed by atoms with Gasteiger partial charge in [-0.3, -0.25) is 9.69 Å². The topological polar surface area (TPSA) is 49.8 Å². The minimum absolute atomic E-state index is 0.120. The number of rotatable bonds is 5. The molecule has 3 saturated heterocycles. The van der Waals surface area contributed by atoms with E-state index in [0.717, 1.165) is 25.8 Å². The molecule has 0 aromatic carbocycles. The molecule has 3 rings (SSSR count). The van der Waals surface area contributed by atoms with Crippen LogP contribution >= 0.6 is 0 Å². The summed E-state index contributed by atoms with van der Waals surface area (Å²) in [5.41, 5.74) is -0.768. The van der Waals surface area contributed by atoms with E-state index in [2.05, 4.69) is 18.7 Å². The lowest BCUT2D eigenvalue weighted by Gasteiger charge is -2.56. The zero-order valence-electron chi connectivity index (χ0n) is 11.7. The number of hydrogen-bond acceptors (Lipinski definition) is 4. The Bertz CT molecular complexity index is 318. The second-order valence-electron chi connectivity index (χ2n) is 6.19. The number of methoxy groups -OCH3 is 1. The number of aliphatic hydroxyl groups is 1. The molecule has 0 aromatic rings. The highest BCUT2D eigenvalue weighted by Gasteiger charge is 2.56. The lowest BCUT2D eigenvalue weighted by Crippen LogP contribution is -2.72. The molecule has 0 saturated carbocycles. The van der Waals surface area contributed by atoms with Crippen molar-refractivity contribution in [3.8, 4) is 0 Å². The number of piperidine rings is 3. The van der Waals surface area contributed by atoms with E-state index < -0.39 is 5.54 Å². The van der Waals surface area contributed by atoms with Gasteiger partial charge in [-0.25, -0.2) is 0 Å². The van der Waals surface area contributed by atoms with Crippen molar-refractivity contribution in [2.75, 3.05) is 26.9 Å². The standard InChI is InChI=1S/C14H25NO3/c1-10(2)6-12-7-11-4-5-15(12)14(8-16,9-18-3)13(11)17/h10-12,16H,4-9H2,1-3H3. The molecule has 2 bridgehead atoms. The number of aliphatic hydroxyl groups excluding tert-OH is 1. The van der Waals surface area contributed by atoms with Gasteiger partial charge in [-0.15, -0.1) is 0 Å². The SMILES string of the molecule is COCC1(CO)C(=O)C2CCN1C(CC(C)C)C2. The molecule has 0 amide bonds. The van der Waals surface area contributed by atoms with Crippen molar-refractivity contribution in [2.45, 2.75) is 44.7 Å². The molecule has 3 aliphatic rings. The molecule has 0 aromatic heterocycles. The average molecular weight is 255 g/mol. The Morgan fingerprint density at radius 3 is 2.83 bits per heavy atom. The molecule has 4 atom stereocenters. The van der Waals surface area contributed by atoms with Crippen LogP contribution in [0.2, 0.25) is 0 Å². The van der Waals surface area contributed by atoms with Gasteiger partial charge in [0.1, 0.15) is 5.54 Å². The number of carbonyl (C=O) groups is 1. The van der Waals surface area contributed by atoms with Crippen molar-refractivity contribution in [3.63, 3.8) is 0 Å². The van der Waals surface area contributed by atoms with Gasteiger partial charge >= 0.3 is 0 Å². The molecule has 4 heteroatoms. The van der Waals surface area contributed by atoms with Gasteiger partial charge in [0, 0.05) is 25.6 Å². The number of ether oxygens (including phenoxy) is 1. The summed E-state index contributed by atoms with van der Waals surface area (Å²) in [7, 11) is 1.60. The van der Waals surface area contributed by atoms with Crippen molar-refractivity contribution in [1.29, 1.82) is 0 Å². The third-order valence-electron chi connectivity index (χ3n) is 4.48. The maximum atomic E-state index is 12.5. The third-order valence-corrected chi connectivity index (χ3v) is 4.48. The number of hydrogen-bond donors (Lipinski definition) is 1. The zero-order valence-corrected chi connectivity index (χ0v) is 11.7. The van der Waals surface area contributed by atoms with Crippen LogP contribution in [0.3, 0.4) is 0 Å². The summed E-state index contributed by atoms with van der Waals surface area (Å²) >= 11 is 0. The van der Waals surface area contributed by atoms with Gasteiger partial charge in [0.25, 0.3) is 0 Å². The Morgan fingerprint density at radius 1 is 1.56 bits per heavy atom. The monoisotopic (exact) mass is 255 g/mol. The fourth-order valence-electron chi connectivity index (χ4n) is 3.75. The number of carbonyl (C=O) groups excluding carboxylic acids is 1. The van der Waals surface area contributed by atoms with Crippen molar-refractivity contribution in [3.05, 3.63) is 0 Å². The molecule has 0 aliphatic carbocycles. The smallest absolute Gasteiger partial charge is 0.161 e. The van der Waals surface area contributed by atoms with Crippen molar-refractivity contribution >= 4 is 5.78 Å². The first-order valence-electron chi connectivity index (χ1n) is 6.96. The first-order valence-corrected chi connectivity index (χ1v) is 6.96. The molecule has 18 heavy (non-hydrogen) atoms. The van der Waals surface area contributed by atoms with Gasteiger partial charge in [0.05, 0.1) is 13.2 Å². The largest absolute Gasteiger partial charge is 0.394 e. The van der Waals surface area contributed by atoms with Crippen LogP contribution in [0.25, 0.3) is 0 Å². The molecule has 3 fully saturated rings. The van der Waals surface area contributed by atoms with Crippen molar-refractivity contribution in [2.24, 2.45) is 11.8 Å². The normalized spacial score (nSPS) is 39.6. The third kappa shape index (κ3) is 2.10. The average Bonchev–Trinajstić information content (AvgIpc) is 2.33. The summed E-state index contributed by atoms with van der Waals surface area (Å²) in [6, 6.07) is 0.420. The summed E-state index contributed by atoms with van der Waals surface area (Å²) in [5, 5.41) is 9.77. The fraction of sp³-hybridized carbons (Fsp3) is 0.929. The fourth-order valence-corrected chi connectivity index (χ4v) is 3.75. The first kappa shape index (κ1) is 14.0. The van der Waals surface area contributed by atoms with E-state index in [1.54, 1.807) is 7.11 Å². The van der Waals surface area contributed by atoms with Crippen LogP contribution in [0.5, 0.6) is 0 Å².